The molecule has 0 spiro atoms. The quantitative estimate of drug-likeness (QED) is 0.0989. The van der Waals surface area contributed by atoms with E-state index in [0.717, 1.165) is 23.5 Å². The molecule has 0 aliphatic heterocycles. The number of carbonyl (C=O) groups is 3. The van der Waals surface area contributed by atoms with Gasteiger partial charge in [-0.25, -0.2) is 0 Å². The summed E-state index contributed by atoms with van der Waals surface area (Å²) in [4.78, 5) is 32.1. The number of hydrogen-bond donors (Lipinski definition) is 3. The van der Waals surface area contributed by atoms with Crippen molar-refractivity contribution >= 4 is 42.1 Å². The van der Waals surface area contributed by atoms with Crippen molar-refractivity contribution in [2.75, 3.05) is 24.4 Å². The summed E-state index contributed by atoms with van der Waals surface area (Å²) >= 11 is 5.40. The van der Waals surface area contributed by atoms with Gasteiger partial charge in [-0.2, -0.15) is 24.4 Å². The number of thioether (sulfide) groups is 1. The molecule has 6 nitrogen and oxygen atoms in total. The Labute approximate surface area is 239 Å². The summed E-state index contributed by atoms with van der Waals surface area (Å²) in [5, 5.41) is 16.1. The molecule has 0 heterocycles. The fourth-order valence-corrected chi connectivity index (χ4v) is 3.77. The number of benzene rings is 2. The first-order chi connectivity index (χ1) is 18.1. The second kappa shape index (κ2) is 24.8. The lowest BCUT2D eigenvalue weighted by atomic mass is 9.87. The zero-order chi connectivity index (χ0) is 29.2. The van der Waals surface area contributed by atoms with Gasteiger partial charge in [-0.1, -0.05) is 87.0 Å². The Kier molecular flexibility index (Phi) is 24.5. The Morgan fingerprint density at radius 2 is 1.47 bits per heavy atom. The number of Topliss-reactive ketones (excluding diaryl/α,β-unsaturated/α-hetero) is 1. The molecule has 2 aromatic carbocycles. The van der Waals surface area contributed by atoms with Crippen molar-refractivity contribution in [1.29, 1.82) is 0 Å². The van der Waals surface area contributed by atoms with Gasteiger partial charge in [0.25, 0.3) is 0 Å². The summed E-state index contributed by atoms with van der Waals surface area (Å²) < 4.78 is 5.49. The minimum atomic E-state index is -0.942. The number of ketones is 1. The minimum Gasteiger partial charge on any atom is -0.481 e. The summed E-state index contributed by atoms with van der Waals surface area (Å²) in [6.07, 6.45) is 5.81. The maximum absolute atomic E-state index is 12.6. The summed E-state index contributed by atoms with van der Waals surface area (Å²) in [6.45, 7) is 9.48. The lowest BCUT2D eigenvalue weighted by Gasteiger charge is -2.27. The van der Waals surface area contributed by atoms with Crippen LogP contribution in [0.3, 0.4) is 0 Å². The predicted octanol–water partition coefficient (Wildman–Crippen LogP) is 7.64. The molecule has 2 rings (SSSR count). The molecule has 0 radical (unpaired) electrons. The van der Waals surface area contributed by atoms with E-state index in [1.54, 1.807) is 25.8 Å². The highest BCUT2D eigenvalue weighted by molar-refractivity contribution is 7.99. The van der Waals surface area contributed by atoms with Crippen LogP contribution in [0.15, 0.2) is 73.3 Å². The number of rotatable bonds is 13. The number of carboxylic acids is 2. The van der Waals surface area contributed by atoms with Crippen LogP contribution in [0.5, 0.6) is 0 Å². The second-order valence-corrected chi connectivity index (χ2v) is 9.64. The normalized spacial score (nSPS) is 11.1. The average molecular weight is 568 g/mol. The van der Waals surface area contributed by atoms with Crippen LogP contribution in [-0.2, 0) is 19.9 Å². The van der Waals surface area contributed by atoms with E-state index < -0.39 is 17.5 Å². The molecule has 38 heavy (non-hydrogen) atoms. The second-order valence-electron chi connectivity index (χ2n) is 7.97. The fraction of sp³-hybridized carbons (Fsp3) is 0.433. The van der Waals surface area contributed by atoms with Crippen LogP contribution in [0.25, 0.3) is 0 Å². The monoisotopic (exact) mass is 567 g/mol. The zero-order valence-corrected chi connectivity index (χ0v) is 24.8. The average Bonchev–Trinajstić information content (AvgIpc) is 2.93. The van der Waals surface area contributed by atoms with Crippen molar-refractivity contribution in [1.82, 2.24) is 0 Å². The standard InChI is InChI=1S/C16H16O2.C7H14O2S.C4H8.C3H6O2S.H2/c1-16(18-2,14-11-7-4-8-12-14)15(17)13-9-5-3-6-10-13;1-2-3-5-10-6-4-7(8)9;1-3-4-2;4-3(5)1-2-6;/h3-12H,1-2H3;2-6H2,1H3,(H,8,9);3H,1,4H2,2H3;6H,1-2H2,(H,4,5);1H/i;;;;1+1. The van der Waals surface area contributed by atoms with Gasteiger partial charge in [0.1, 0.15) is 0 Å². The van der Waals surface area contributed by atoms with E-state index in [1.807, 2.05) is 66.7 Å². The molecule has 0 amide bonds. The van der Waals surface area contributed by atoms with Crippen molar-refractivity contribution < 1.29 is 30.8 Å². The summed E-state index contributed by atoms with van der Waals surface area (Å²) in [5.74, 6) is 0.778. The van der Waals surface area contributed by atoms with Crippen molar-refractivity contribution in [2.24, 2.45) is 0 Å². The molecule has 2 N–H and O–H groups in total. The molecule has 1 unspecified atom stereocenters. The van der Waals surface area contributed by atoms with Crippen LogP contribution >= 0.6 is 24.4 Å². The summed E-state index contributed by atoms with van der Waals surface area (Å²) in [7, 11) is 1.56. The van der Waals surface area contributed by atoms with Crippen LogP contribution in [0.4, 0.5) is 0 Å². The first-order valence-corrected chi connectivity index (χ1v) is 14.4. The first-order valence-electron chi connectivity index (χ1n) is 12.6. The van der Waals surface area contributed by atoms with Gasteiger partial charge in [-0.05, 0) is 31.1 Å². The van der Waals surface area contributed by atoms with E-state index in [0.29, 0.717) is 17.7 Å². The van der Waals surface area contributed by atoms with E-state index in [1.165, 1.54) is 12.8 Å². The minimum absolute atomic E-state index is 0. The molecule has 0 aliphatic carbocycles. The summed E-state index contributed by atoms with van der Waals surface area (Å²) in [6, 6.07) is 18.8. The number of ether oxygens (including phenoxy) is 1. The number of aliphatic carboxylic acids is 2. The molecule has 8 heteroatoms. The van der Waals surface area contributed by atoms with Crippen LogP contribution < -0.4 is 0 Å². The van der Waals surface area contributed by atoms with Gasteiger partial charge in [0.2, 0.25) is 0 Å². The molecule has 0 saturated carbocycles. The van der Waals surface area contributed by atoms with Gasteiger partial charge in [0.15, 0.2) is 11.4 Å². The third-order valence-corrected chi connectivity index (χ3v) is 6.21. The molecule has 214 valence electrons. The Morgan fingerprint density at radius 1 is 0.974 bits per heavy atom. The van der Waals surface area contributed by atoms with Crippen molar-refractivity contribution in [3.63, 3.8) is 0 Å². The number of methoxy groups -OCH3 is 1. The number of unbranched alkanes of at least 4 members (excludes halogenated alkanes) is 1. The van der Waals surface area contributed by atoms with Crippen molar-refractivity contribution in [3.05, 3.63) is 84.4 Å². The van der Waals surface area contributed by atoms with E-state index >= 15 is 0 Å². The third-order valence-electron chi connectivity index (χ3n) is 4.92. The molecule has 0 bridgehead atoms. The fourth-order valence-electron chi connectivity index (χ4n) is 2.57. The number of carbonyl (C=O) groups excluding carboxylic acids is 1. The van der Waals surface area contributed by atoms with Crippen LogP contribution in [0.1, 0.15) is 70.2 Å². The van der Waals surface area contributed by atoms with Crippen LogP contribution in [-0.4, -0.2) is 52.3 Å². The number of hydrogen-bond acceptors (Lipinski definition) is 6. The maximum Gasteiger partial charge on any atom is 0.304 e. The molecule has 0 aliphatic rings. The Morgan fingerprint density at radius 3 is 1.84 bits per heavy atom. The van der Waals surface area contributed by atoms with Crippen molar-refractivity contribution in [3.8, 4) is 0 Å². The number of allylic oxidation sites excluding steroid dienone is 1. The Balaban J connectivity index is -0.000000523. The van der Waals surface area contributed by atoms with Gasteiger partial charge in [-0.3, -0.25) is 14.4 Å². The maximum atomic E-state index is 12.6. The highest BCUT2D eigenvalue weighted by Crippen LogP contribution is 2.28. The van der Waals surface area contributed by atoms with Gasteiger partial charge in [-0.15, -0.1) is 6.58 Å². The van der Waals surface area contributed by atoms with Gasteiger partial charge < -0.3 is 14.9 Å². The molecule has 0 fully saturated rings. The Hall–Kier alpha value is -2.55. The third kappa shape index (κ3) is 18.7. The molecular weight excluding hydrogens is 520 g/mol. The van der Waals surface area contributed by atoms with Gasteiger partial charge in [0, 0.05) is 25.6 Å². The van der Waals surface area contributed by atoms with Crippen molar-refractivity contribution in [2.45, 2.75) is 58.5 Å². The number of thiol groups is 1. The SMILES string of the molecule is C=CCC.CCCCSCCC(=O)O.COC(C)(C(=O)c1ccccc1)c1ccccc1.O=C(O)CCS.[2HH]. The van der Waals surface area contributed by atoms with E-state index in [2.05, 4.69) is 33.1 Å². The number of carboxylic acid groups (broad SMARTS) is 2. The highest BCUT2D eigenvalue weighted by atomic mass is 32.2. The first kappa shape index (κ1) is 37.6. The molecule has 0 aromatic heterocycles. The Bertz CT molecular complexity index is 897. The lowest BCUT2D eigenvalue weighted by molar-refractivity contribution is -0.137. The topological polar surface area (TPSA) is 101 Å². The van der Waals surface area contributed by atoms with Gasteiger partial charge >= 0.3 is 11.9 Å². The molecule has 0 saturated heterocycles. The predicted molar refractivity (Wildman–Crippen MR) is 165 cm³/mol. The summed E-state index contributed by atoms with van der Waals surface area (Å²) in [5.41, 5.74) is 0.579. The smallest absolute Gasteiger partial charge is 0.304 e. The van der Waals surface area contributed by atoms with E-state index in [4.69, 9.17) is 14.9 Å². The molecular formula is C30H46O6S2. The van der Waals surface area contributed by atoms with Gasteiger partial charge in [0.05, 0.1) is 12.8 Å². The largest absolute Gasteiger partial charge is 0.481 e. The molecule has 2 aromatic rings. The lowest BCUT2D eigenvalue weighted by Crippen LogP contribution is -2.34. The van der Waals surface area contributed by atoms with E-state index in [9.17, 15) is 14.4 Å². The molecule has 1 atom stereocenters. The van der Waals surface area contributed by atoms with Crippen LogP contribution in [0.2, 0.25) is 0 Å². The zero-order valence-electron chi connectivity index (χ0n) is 23.1. The van der Waals surface area contributed by atoms with Crippen LogP contribution in [0, 0.1) is 0 Å². The van der Waals surface area contributed by atoms with E-state index in [-0.39, 0.29) is 13.6 Å². The highest BCUT2D eigenvalue weighted by Gasteiger charge is 2.35.